The van der Waals surface area contributed by atoms with Gasteiger partial charge < -0.3 is 10.6 Å². The Hall–Kier alpha value is -0.380. The number of hydrogen-bond acceptors (Lipinski definition) is 2. The summed E-state index contributed by atoms with van der Waals surface area (Å²) in [4.78, 5) is 11.3. The van der Waals surface area contributed by atoms with Gasteiger partial charge in [0.25, 0.3) is 0 Å². The first kappa shape index (κ1) is 11.7. The van der Waals surface area contributed by atoms with Crippen molar-refractivity contribution in [3.8, 4) is 0 Å². The Labute approximate surface area is 90.4 Å². The second-order valence-corrected chi connectivity index (χ2v) is 5.12. The normalized spacial score (nSPS) is 18.4. The van der Waals surface area contributed by atoms with Crippen LogP contribution in [0.5, 0.6) is 0 Å². The Morgan fingerprint density at radius 3 is 2.57 bits per heavy atom. The number of urea groups is 1. The van der Waals surface area contributed by atoms with Crippen molar-refractivity contribution in [2.75, 3.05) is 19.3 Å². The maximum absolute atomic E-state index is 11.3. The Morgan fingerprint density at radius 2 is 2.14 bits per heavy atom. The van der Waals surface area contributed by atoms with Crippen molar-refractivity contribution in [3.63, 3.8) is 0 Å². The summed E-state index contributed by atoms with van der Waals surface area (Å²) in [6.45, 7) is 3.62. The molecular weight excluding hydrogens is 196 g/mol. The summed E-state index contributed by atoms with van der Waals surface area (Å²) < 4.78 is 0.337. The number of amides is 2. The first-order valence-electron chi connectivity index (χ1n) is 5.29. The Balaban J connectivity index is 2.15. The molecule has 0 saturated heterocycles. The molecule has 0 radical (unpaired) electrons. The number of rotatable bonds is 5. The molecule has 1 aliphatic carbocycles. The van der Waals surface area contributed by atoms with Crippen LogP contribution >= 0.6 is 11.8 Å². The molecule has 0 aromatic heterocycles. The summed E-state index contributed by atoms with van der Waals surface area (Å²) in [6, 6.07) is -0.0211. The highest BCUT2D eigenvalue weighted by Crippen LogP contribution is 2.42. The molecule has 0 aromatic carbocycles. The summed E-state index contributed by atoms with van der Waals surface area (Å²) in [6.07, 6.45) is 6.90. The van der Waals surface area contributed by atoms with Gasteiger partial charge in [-0.05, 0) is 25.5 Å². The largest absolute Gasteiger partial charge is 0.338 e. The van der Waals surface area contributed by atoms with Crippen LogP contribution < -0.4 is 10.6 Å². The minimum absolute atomic E-state index is 0.0211. The number of hydrogen-bond donors (Lipinski definition) is 2. The van der Waals surface area contributed by atoms with E-state index < -0.39 is 0 Å². The minimum atomic E-state index is -0.0211. The second-order valence-electron chi connectivity index (χ2n) is 3.85. The highest BCUT2D eigenvalue weighted by molar-refractivity contribution is 8.00. The molecule has 2 amide bonds. The number of carbonyl (C=O) groups excluding carboxylic acids is 1. The van der Waals surface area contributed by atoms with Crippen LogP contribution in [0.4, 0.5) is 4.79 Å². The van der Waals surface area contributed by atoms with Gasteiger partial charge >= 0.3 is 6.03 Å². The Bertz CT molecular complexity index is 187. The summed E-state index contributed by atoms with van der Waals surface area (Å²) in [5.74, 6) is 0. The molecule has 14 heavy (non-hydrogen) atoms. The fourth-order valence-corrected chi connectivity index (χ4v) is 2.48. The molecule has 0 aromatic rings. The van der Waals surface area contributed by atoms with Gasteiger partial charge in [-0.2, -0.15) is 11.8 Å². The van der Waals surface area contributed by atoms with Crippen LogP contribution in [0.1, 0.15) is 32.6 Å². The average Bonchev–Trinajstić information content (AvgIpc) is 2.14. The second kappa shape index (κ2) is 5.49. The highest BCUT2D eigenvalue weighted by Gasteiger charge is 2.36. The van der Waals surface area contributed by atoms with E-state index in [2.05, 4.69) is 23.8 Å². The topological polar surface area (TPSA) is 41.1 Å². The van der Waals surface area contributed by atoms with E-state index in [4.69, 9.17) is 0 Å². The molecule has 0 spiro atoms. The Morgan fingerprint density at radius 1 is 1.43 bits per heavy atom. The number of nitrogens with one attached hydrogen (secondary N) is 2. The maximum atomic E-state index is 11.3. The van der Waals surface area contributed by atoms with E-state index >= 15 is 0 Å². The van der Waals surface area contributed by atoms with Crippen molar-refractivity contribution >= 4 is 17.8 Å². The Kier molecular flexibility index (Phi) is 4.58. The van der Waals surface area contributed by atoms with Gasteiger partial charge in [0.2, 0.25) is 0 Å². The molecule has 2 N–H and O–H groups in total. The molecule has 0 unspecified atom stereocenters. The van der Waals surface area contributed by atoms with Crippen molar-refractivity contribution in [2.45, 2.75) is 37.4 Å². The lowest BCUT2D eigenvalue weighted by Crippen LogP contribution is -2.48. The number of thioether (sulfide) groups is 1. The van der Waals surface area contributed by atoms with Crippen molar-refractivity contribution in [2.24, 2.45) is 0 Å². The molecule has 4 heteroatoms. The van der Waals surface area contributed by atoms with E-state index in [1.165, 1.54) is 19.3 Å². The molecule has 1 saturated carbocycles. The van der Waals surface area contributed by atoms with Crippen molar-refractivity contribution < 1.29 is 4.79 Å². The molecular formula is C10H20N2OS. The van der Waals surface area contributed by atoms with E-state index in [1.54, 1.807) is 0 Å². The first-order valence-corrected chi connectivity index (χ1v) is 6.52. The highest BCUT2D eigenvalue weighted by atomic mass is 32.2. The summed E-state index contributed by atoms with van der Waals surface area (Å²) >= 11 is 1.88. The zero-order chi connectivity index (χ0) is 10.4. The van der Waals surface area contributed by atoms with Gasteiger partial charge in [0.1, 0.15) is 0 Å². The zero-order valence-electron chi connectivity index (χ0n) is 9.06. The van der Waals surface area contributed by atoms with Crippen LogP contribution in [-0.2, 0) is 0 Å². The monoisotopic (exact) mass is 216 g/mol. The van der Waals surface area contributed by atoms with Crippen molar-refractivity contribution in [1.82, 2.24) is 10.6 Å². The van der Waals surface area contributed by atoms with Gasteiger partial charge in [-0.25, -0.2) is 4.79 Å². The van der Waals surface area contributed by atoms with Crippen LogP contribution in [0.3, 0.4) is 0 Å². The summed E-state index contributed by atoms with van der Waals surface area (Å²) in [5, 5.41) is 5.76. The van der Waals surface area contributed by atoms with E-state index in [1.807, 2.05) is 11.8 Å². The third kappa shape index (κ3) is 3.08. The van der Waals surface area contributed by atoms with Crippen LogP contribution in [0, 0.1) is 0 Å². The van der Waals surface area contributed by atoms with Crippen LogP contribution in [0.2, 0.25) is 0 Å². The summed E-state index contributed by atoms with van der Waals surface area (Å²) in [5.41, 5.74) is 0. The molecule has 1 aliphatic rings. The average molecular weight is 216 g/mol. The zero-order valence-corrected chi connectivity index (χ0v) is 9.88. The molecule has 1 fully saturated rings. The predicted octanol–water partition coefficient (Wildman–Crippen LogP) is 1.98. The third-order valence-corrected chi connectivity index (χ3v) is 4.22. The van der Waals surface area contributed by atoms with Gasteiger partial charge in [-0.15, -0.1) is 0 Å². The molecule has 0 aliphatic heterocycles. The minimum Gasteiger partial charge on any atom is -0.338 e. The van der Waals surface area contributed by atoms with Crippen molar-refractivity contribution in [1.29, 1.82) is 0 Å². The fraction of sp³-hybridized carbons (Fsp3) is 0.900. The maximum Gasteiger partial charge on any atom is 0.314 e. The van der Waals surface area contributed by atoms with Crippen LogP contribution in [-0.4, -0.2) is 30.1 Å². The summed E-state index contributed by atoms with van der Waals surface area (Å²) in [7, 11) is 0. The van der Waals surface area contributed by atoms with Gasteiger partial charge in [0, 0.05) is 17.8 Å². The van der Waals surface area contributed by atoms with Gasteiger partial charge in [0.05, 0.1) is 0 Å². The van der Waals surface area contributed by atoms with Crippen LogP contribution in [0.25, 0.3) is 0 Å². The van der Waals surface area contributed by atoms with Gasteiger partial charge in [0.15, 0.2) is 0 Å². The quantitative estimate of drug-likeness (QED) is 0.738. The lowest BCUT2D eigenvalue weighted by molar-refractivity contribution is 0.236. The standard InChI is InChI=1S/C10H20N2OS/c1-3-7-11-9(13)12-8-10(14-2)5-4-6-10/h3-8H2,1-2H3,(H2,11,12,13). The van der Waals surface area contributed by atoms with E-state index in [0.717, 1.165) is 19.5 Å². The molecule has 0 bridgehead atoms. The van der Waals surface area contributed by atoms with E-state index in [-0.39, 0.29) is 6.03 Å². The molecule has 0 heterocycles. The van der Waals surface area contributed by atoms with Gasteiger partial charge in [-0.3, -0.25) is 0 Å². The van der Waals surface area contributed by atoms with Gasteiger partial charge in [-0.1, -0.05) is 13.3 Å². The first-order chi connectivity index (χ1) is 6.72. The lowest BCUT2D eigenvalue weighted by atomic mass is 9.84. The lowest BCUT2D eigenvalue weighted by Gasteiger charge is -2.40. The smallest absolute Gasteiger partial charge is 0.314 e. The molecule has 1 rings (SSSR count). The van der Waals surface area contributed by atoms with Crippen molar-refractivity contribution in [3.05, 3.63) is 0 Å². The SMILES string of the molecule is CCCNC(=O)NCC1(SC)CCC1. The fourth-order valence-electron chi connectivity index (χ4n) is 1.57. The molecule has 0 atom stereocenters. The number of carbonyl (C=O) groups is 1. The molecule has 82 valence electrons. The molecule has 3 nitrogen and oxygen atoms in total. The predicted molar refractivity (Wildman–Crippen MR) is 61.8 cm³/mol. The van der Waals surface area contributed by atoms with E-state index in [0.29, 0.717) is 4.75 Å². The van der Waals surface area contributed by atoms with Crippen LogP contribution in [0.15, 0.2) is 0 Å². The third-order valence-electron chi connectivity index (χ3n) is 2.80. The van der Waals surface area contributed by atoms with E-state index in [9.17, 15) is 4.79 Å².